The highest BCUT2D eigenvalue weighted by Crippen LogP contribution is 2.18. The first-order valence-electron chi connectivity index (χ1n) is 5.21. The van der Waals surface area contributed by atoms with Crippen LogP contribution >= 0.6 is 22.7 Å². The van der Waals surface area contributed by atoms with Crippen molar-refractivity contribution < 1.29 is 0 Å². The third-order valence-corrected chi connectivity index (χ3v) is 4.14. The highest BCUT2D eigenvalue weighted by molar-refractivity contribution is 7.11. The lowest BCUT2D eigenvalue weighted by molar-refractivity contribution is 0.566. The van der Waals surface area contributed by atoms with E-state index in [-0.39, 0.29) is 0 Å². The minimum absolute atomic E-state index is 0.299. The Hall–Kier alpha value is -0.780. The first kappa shape index (κ1) is 11.7. The molecular formula is C11H15N3S2. The summed E-state index contributed by atoms with van der Waals surface area (Å²) in [6.07, 6.45) is 0. The van der Waals surface area contributed by atoms with Crippen LogP contribution in [-0.4, -0.2) is 9.97 Å². The van der Waals surface area contributed by atoms with E-state index >= 15 is 0 Å². The third-order valence-electron chi connectivity index (χ3n) is 2.46. The zero-order chi connectivity index (χ0) is 11.5. The Balaban J connectivity index is 1.95. The molecule has 2 aromatic heterocycles. The van der Waals surface area contributed by atoms with Crippen molar-refractivity contribution >= 4 is 22.7 Å². The van der Waals surface area contributed by atoms with Gasteiger partial charge in [-0.2, -0.15) is 0 Å². The van der Waals surface area contributed by atoms with Gasteiger partial charge in [0, 0.05) is 22.8 Å². The Labute approximate surface area is 104 Å². The maximum atomic E-state index is 4.42. The molecule has 1 N–H and O–H groups in total. The highest BCUT2D eigenvalue weighted by Gasteiger charge is 2.09. The summed E-state index contributed by atoms with van der Waals surface area (Å²) in [5, 5.41) is 6.69. The lowest BCUT2D eigenvalue weighted by Crippen LogP contribution is -2.18. The predicted octanol–water partition coefficient (Wildman–Crippen LogP) is 3.07. The number of aryl methyl sites for hydroxylation is 2. The second-order valence-electron chi connectivity index (χ2n) is 3.76. The van der Waals surface area contributed by atoms with Gasteiger partial charge in [0.05, 0.1) is 21.9 Å². The third kappa shape index (κ3) is 2.66. The molecule has 2 heterocycles. The van der Waals surface area contributed by atoms with E-state index in [0.29, 0.717) is 6.04 Å². The van der Waals surface area contributed by atoms with Crippen molar-refractivity contribution in [2.75, 3.05) is 0 Å². The van der Waals surface area contributed by atoms with E-state index in [2.05, 4.69) is 34.5 Å². The molecule has 0 bridgehead atoms. The fourth-order valence-electron chi connectivity index (χ4n) is 1.52. The normalized spacial score (nSPS) is 12.9. The molecule has 0 saturated heterocycles. The minimum Gasteiger partial charge on any atom is -0.304 e. The number of rotatable bonds is 4. The minimum atomic E-state index is 0.299. The van der Waals surface area contributed by atoms with Crippen LogP contribution in [0.15, 0.2) is 10.9 Å². The Morgan fingerprint density at radius 2 is 2.25 bits per heavy atom. The fraction of sp³-hybridized carbons (Fsp3) is 0.455. The average Bonchev–Trinajstić information content (AvgIpc) is 2.84. The fourth-order valence-corrected chi connectivity index (χ4v) is 3.06. The van der Waals surface area contributed by atoms with Gasteiger partial charge < -0.3 is 5.32 Å². The molecule has 0 aromatic carbocycles. The molecule has 5 heteroatoms. The predicted molar refractivity (Wildman–Crippen MR) is 69.0 cm³/mol. The van der Waals surface area contributed by atoms with Crippen molar-refractivity contribution in [3.63, 3.8) is 0 Å². The Kier molecular flexibility index (Phi) is 3.68. The summed E-state index contributed by atoms with van der Waals surface area (Å²) in [5.41, 5.74) is 4.12. The van der Waals surface area contributed by atoms with Crippen LogP contribution in [0.5, 0.6) is 0 Å². The molecule has 0 spiro atoms. The van der Waals surface area contributed by atoms with Crippen LogP contribution in [0, 0.1) is 13.8 Å². The molecule has 0 aliphatic heterocycles. The molecule has 16 heavy (non-hydrogen) atoms. The molecule has 1 atom stereocenters. The van der Waals surface area contributed by atoms with Gasteiger partial charge in [-0.25, -0.2) is 9.97 Å². The monoisotopic (exact) mass is 253 g/mol. The van der Waals surface area contributed by atoms with Gasteiger partial charge in [-0.05, 0) is 20.8 Å². The molecule has 0 radical (unpaired) electrons. The largest absolute Gasteiger partial charge is 0.304 e. The average molecular weight is 253 g/mol. The number of aromatic nitrogens is 2. The maximum absolute atomic E-state index is 4.42. The van der Waals surface area contributed by atoms with Crippen LogP contribution in [0.4, 0.5) is 0 Å². The van der Waals surface area contributed by atoms with Crippen molar-refractivity contribution in [3.05, 3.63) is 32.2 Å². The second kappa shape index (κ2) is 5.03. The van der Waals surface area contributed by atoms with Crippen LogP contribution in [0.1, 0.15) is 34.2 Å². The van der Waals surface area contributed by atoms with Gasteiger partial charge in [0.2, 0.25) is 0 Å². The van der Waals surface area contributed by atoms with Crippen LogP contribution in [0.3, 0.4) is 0 Å². The Bertz CT molecular complexity index is 448. The number of nitrogens with zero attached hydrogens (tertiary/aromatic N) is 2. The number of thiazole rings is 2. The van der Waals surface area contributed by atoms with Crippen LogP contribution in [0.2, 0.25) is 0 Å². The standard InChI is InChI=1S/C11H15N3S2/c1-7(10-5-15-6-13-10)12-4-11-8(2)14-9(3)16-11/h5-7,12H,4H2,1-3H3. The van der Waals surface area contributed by atoms with Crippen LogP contribution < -0.4 is 5.32 Å². The van der Waals surface area contributed by atoms with Crippen molar-refractivity contribution in [2.24, 2.45) is 0 Å². The first-order valence-corrected chi connectivity index (χ1v) is 6.97. The van der Waals surface area contributed by atoms with E-state index in [1.165, 1.54) is 4.88 Å². The van der Waals surface area contributed by atoms with Crippen LogP contribution in [0.25, 0.3) is 0 Å². The summed E-state index contributed by atoms with van der Waals surface area (Å²) < 4.78 is 0. The van der Waals surface area contributed by atoms with Crippen molar-refractivity contribution in [1.82, 2.24) is 15.3 Å². The van der Waals surface area contributed by atoms with Crippen LogP contribution in [-0.2, 0) is 6.54 Å². The molecule has 3 nitrogen and oxygen atoms in total. The summed E-state index contributed by atoms with van der Waals surface area (Å²) in [6, 6.07) is 0.299. The molecule has 0 amide bonds. The first-order chi connectivity index (χ1) is 7.66. The van der Waals surface area contributed by atoms with Gasteiger partial charge in [0.1, 0.15) is 0 Å². The lowest BCUT2D eigenvalue weighted by atomic mass is 10.2. The molecule has 2 aromatic rings. The van der Waals surface area contributed by atoms with Crippen molar-refractivity contribution in [1.29, 1.82) is 0 Å². The molecule has 0 aliphatic rings. The second-order valence-corrected chi connectivity index (χ2v) is 5.76. The Morgan fingerprint density at radius 3 is 2.81 bits per heavy atom. The SMILES string of the molecule is Cc1nc(C)c(CNC(C)c2cscn2)s1. The summed E-state index contributed by atoms with van der Waals surface area (Å²) in [5.74, 6) is 0. The number of nitrogens with one attached hydrogen (secondary N) is 1. The van der Waals surface area contributed by atoms with Gasteiger partial charge in [0.15, 0.2) is 0 Å². The molecule has 2 rings (SSSR count). The van der Waals surface area contributed by atoms with E-state index in [1.807, 2.05) is 12.4 Å². The van der Waals surface area contributed by atoms with Gasteiger partial charge in [0.25, 0.3) is 0 Å². The maximum Gasteiger partial charge on any atom is 0.0900 e. The highest BCUT2D eigenvalue weighted by atomic mass is 32.1. The zero-order valence-electron chi connectivity index (χ0n) is 9.65. The zero-order valence-corrected chi connectivity index (χ0v) is 11.3. The van der Waals surface area contributed by atoms with E-state index < -0.39 is 0 Å². The Morgan fingerprint density at radius 1 is 1.44 bits per heavy atom. The molecular weight excluding hydrogens is 238 g/mol. The lowest BCUT2D eigenvalue weighted by Gasteiger charge is -2.10. The smallest absolute Gasteiger partial charge is 0.0900 e. The topological polar surface area (TPSA) is 37.8 Å². The quantitative estimate of drug-likeness (QED) is 0.910. The molecule has 86 valence electrons. The number of hydrogen-bond donors (Lipinski definition) is 1. The van der Waals surface area contributed by atoms with Crippen molar-refractivity contribution in [2.45, 2.75) is 33.4 Å². The van der Waals surface area contributed by atoms with E-state index in [4.69, 9.17) is 0 Å². The van der Waals surface area contributed by atoms with Gasteiger partial charge >= 0.3 is 0 Å². The summed E-state index contributed by atoms with van der Waals surface area (Å²) in [7, 11) is 0. The van der Waals surface area contributed by atoms with E-state index in [0.717, 1.165) is 22.9 Å². The number of hydrogen-bond acceptors (Lipinski definition) is 5. The van der Waals surface area contributed by atoms with E-state index in [9.17, 15) is 0 Å². The summed E-state index contributed by atoms with van der Waals surface area (Å²) in [6.45, 7) is 7.12. The molecule has 0 saturated carbocycles. The van der Waals surface area contributed by atoms with Gasteiger partial charge in [-0.15, -0.1) is 22.7 Å². The van der Waals surface area contributed by atoms with Gasteiger partial charge in [-0.3, -0.25) is 0 Å². The summed E-state index contributed by atoms with van der Waals surface area (Å²) >= 11 is 3.40. The van der Waals surface area contributed by atoms with E-state index in [1.54, 1.807) is 22.7 Å². The summed E-state index contributed by atoms with van der Waals surface area (Å²) in [4.78, 5) is 10.0. The molecule has 1 unspecified atom stereocenters. The molecule has 0 fully saturated rings. The van der Waals surface area contributed by atoms with Gasteiger partial charge in [-0.1, -0.05) is 0 Å². The van der Waals surface area contributed by atoms with Crippen molar-refractivity contribution in [3.8, 4) is 0 Å². The molecule has 0 aliphatic carbocycles.